The summed E-state index contributed by atoms with van der Waals surface area (Å²) in [6.45, 7) is 10.2. The normalized spacial score (nSPS) is 11.8. The van der Waals surface area contributed by atoms with E-state index in [1.54, 1.807) is 24.3 Å². The van der Waals surface area contributed by atoms with E-state index >= 15 is 0 Å². The lowest BCUT2D eigenvalue weighted by Gasteiger charge is -2.35. The number of rotatable bonds is 4. The molecule has 19 heavy (non-hydrogen) atoms. The Bertz CT molecular complexity index is 457. The van der Waals surface area contributed by atoms with E-state index < -0.39 is 19.5 Å². The molecule has 0 amide bonds. The number of carbonyl (C=O) groups excluding carboxylic acids is 2. The Morgan fingerprint density at radius 2 is 1.68 bits per heavy atom. The molecule has 0 radical (unpaired) electrons. The monoisotopic (exact) mass is 280 g/mol. The van der Waals surface area contributed by atoms with Crippen LogP contribution in [0.15, 0.2) is 24.3 Å². The maximum atomic E-state index is 11.7. The van der Waals surface area contributed by atoms with Gasteiger partial charge in [0.15, 0.2) is 0 Å². The summed E-state index contributed by atoms with van der Waals surface area (Å²) in [7, 11) is -1.65. The second-order valence-corrected chi connectivity index (χ2v) is 11.6. The van der Waals surface area contributed by atoms with Gasteiger partial charge in [-0.2, -0.15) is 0 Å². The van der Waals surface area contributed by atoms with Crippen molar-refractivity contribution in [1.29, 1.82) is 0 Å². The highest BCUT2D eigenvalue weighted by Gasteiger charge is 2.39. The fraction of sp³-hybridized carbons (Fsp3) is 0.429. The number of hydrogen-bond donors (Lipinski definition) is 0. The lowest BCUT2D eigenvalue weighted by Crippen LogP contribution is -2.51. The van der Waals surface area contributed by atoms with Gasteiger partial charge in [-0.25, -0.2) is 4.79 Å². The molecule has 1 aromatic rings. The summed E-state index contributed by atoms with van der Waals surface area (Å²) in [5, 5.41) is -0.507. The molecule has 0 unspecified atom stereocenters. The molecule has 0 saturated heterocycles. The van der Waals surface area contributed by atoms with Crippen molar-refractivity contribution in [3.05, 3.63) is 29.8 Å². The second-order valence-electron chi connectivity index (χ2n) is 5.90. The molecule has 0 N–H and O–H groups in total. The molecule has 1 rings (SSSR count). The standard InChI is InChI=1S/C14H20O4Si/c1-14(2,19(3,4)5)18-13(16)17-12-8-6-11(10-15)7-9-12/h6-10H,1-5H3. The average molecular weight is 280 g/mol. The van der Waals surface area contributed by atoms with E-state index in [2.05, 4.69) is 19.6 Å². The maximum Gasteiger partial charge on any atom is 0.514 e. The topological polar surface area (TPSA) is 52.6 Å². The van der Waals surface area contributed by atoms with Crippen LogP contribution >= 0.6 is 0 Å². The van der Waals surface area contributed by atoms with Crippen LogP contribution in [-0.4, -0.2) is 25.7 Å². The van der Waals surface area contributed by atoms with E-state index in [9.17, 15) is 9.59 Å². The van der Waals surface area contributed by atoms with Gasteiger partial charge in [-0.15, -0.1) is 0 Å². The van der Waals surface area contributed by atoms with Crippen LogP contribution in [-0.2, 0) is 4.74 Å². The minimum Gasteiger partial charge on any atom is -0.432 e. The second kappa shape index (κ2) is 5.57. The zero-order valence-electron chi connectivity index (χ0n) is 12.0. The van der Waals surface area contributed by atoms with E-state index in [0.717, 1.165) is 6.29 Å². The summed E-state index contributed by atoms with van der Waals surface area (Å²) in [5.41, 5.74) is 0.531. The Hall–Kier alpha value is -1.62. The van der Waals surface area contributed by atoms with Gasteiger partial charge in [0, 0.05) is 5.56 Å². The predicted octanol–water partition coefficient (Wildman–Crippen LogP) is 3.67. The molecule has 4 nitrogen and oxygen atoms in total. The third-order valence-corrected chi connectivity index (χ3v) is 7.08. The van der Waals surface area contributed by atoms with Crippen molar-refractivity contribution in [2.75, 3.05) is 0 Å². The molecule has 5 heteroatoms. The molecule has 0 aromatic heterocycles. The van der Waals surface area contributed by atoms with Gasteiger partial charge < -0.3 is 9.47 Å². The van der Waals surface area contributed by atoms with Gasteiger partial charge in [-0.05, 0) is 38.1 Å². The number of ether oxygens (including phenoxy) is 2. The van der Waals surface area contributed by atoms with Crippen LogP contribution in [0.3, 0.4) is 0 Å². The van der Waals surface area contributed by atoms with E-state index in [-0.39, 0.29) is 0 Å². The fourth-order valence-corrected chi connectivity index (χ4v) is 1.48. The Labute approximate surface area is 114 Å². The first-order valence-electron chi connectivity index (χ1n) is 6.12. The zero-order valence-corrected chi connectivity index (χ0v) is 13.0. The van der Waals surface area contributed by atoms with Crippen molar-refractivity contribution < 1.29 is 19.1 Å². The average Bonchev–Trinajstić information content (AvgIpc) is 2.27. The molecule has 1 aromatic carbocycles. The highest BCUT2D eigenvalue weighted by atomic mass is 28.3. The molecule has 0 atom stereocenters. The van der Waals surface area contributed by atoms with Crippen LogP contribution in [0.25, 0.3) is 0 Å². The smallest absolute Gasteiger partial charge is 0.432 e. The summed E-state index contributed by atoms with van der Waals surface area (Å²) < 4.78 is 10.5. The Balaban J connectivity index is 2.67. The van der Waals surface area contributed by atoms with Crippen LogP contribution in [0.2, 0.25) is 19.6 Å². The molecule has 0 aliphatic rings. The first-order chi connectivity index (χ1) is 8.65. The number of benzene rings is 1. The highest BCUT2D eigenvalue weighted by Crippen LogP contribution is 2.25. The molecular weight excluding hydrogens is 260 g/mol. The van der Waals surface area contributed by atoms with Crippen LogP contribution in [0.1, 0.15) is 24.2 Å². The van der Waals surface area contributed by atoms with Gasteiger partial charge in [-0.3, -0.25) is 4.79 Å². The largest absolute Gasteiger partial charge is 0.514 e. The lowest BCUT2D eigenvalue weighted by atomic mass is 10.2. The van der Waals surface area contributed by atoms with Crippen LogP contribution in [0.4, 0.5) is 4.79 Å². The predicted molar refractivity (Wildman–Crippen MR) is 76.4 cm³/mol. The van der Waals surface area contributed by atoms with Gasteiger partial charge in [0.05, 0.1) is 13.3 Å². The molecule has 0 aliphatic heterocycles. The Kier molecular flexibility index (Phi) is 4.52. The number of aldehydes is 1. The SMILES string of the molecule is CC(C)(OC(=O)Oc1ccc(C=O)cc1)[Si](C)(C)C. The van der Waals surface area contributed by atoms with Gasteiger partial charge in [0.1, 0.15) is 12.0 Å². The van der Waals surface area contributed by atoms with Crippen LogP contribution in [0, 0.1) is 0 Å². The molecule has 0 aliphatic carbocycles. The van der Waals surface area contributed by atoms with Crippen molar-refractivity contribution in [2.24, 2.45) is 0 Å². The van der Waals surface area contributed by atoms with Crippen LogP contribution in [0.5, 0.6) is 5.75 Å². The van der Waals surface area contributed by atoms with Gasteiger partial charge in [0.2, 0.25) is 0 Å². The summed E-state index contributed by atoms with van der Waals surface area (Å²) in [4.78, 5) is 22.2. The minimum absolute atomic E-state index is 0.363. The van der Waals surface area contributed by atoms with Crippen molar-refractivity contribution in [3.63, 3.8) is 0 Å². The maximum absolute atomic E-state index is 11.7. The van der Waals surface area contributed by atoms with Gasteiger partial charge in [-0.1, -0.05) is 19.6 Å². The quantitative estimate of drug-likeness (QED) is 0.365. The van der Waals surface area contributed by atoms with E-state index in [1.165, 1.54) is 0 Å². The number of hydrogen-bond acceptors (Lipinski definition) is 4. The fourth-order valence-electron chi connectivity index (χ4n) is 1.09. The molecule has 0 heterocycles. The molecule has 0 bridgehead atoms. The van der Waals surface area contributed by atoms with E-state index in [1.807, 2.05) is 13.8 Å². The molecule has 0 saturated carbocycles. The highest BCUT2D eigenvalue weighted by molar-refractivity contribution is 6.78. The van der Waals surface area contributed by atoms with Gasteiger partial charge in [0.25, 0.3) is 0 Å². The number of carbonyl (C=O) groups is 2. The first-order valence-corrected chi connectivity index (χ1v) is 9.62. The van der Waals surface area contributed by atoms with Crippen molar-refractivity contribution in [1.82, 2.24) is 0 Å². The minimum atomic E-state index is -1.65. The summed E-state index contributed by atoms with van der Waals surface area (Å²) in [5.74, 6) is 0.363. The van der Waals surface area contributed by atoms with Crippen molar-refractivity contribution in [3.8, 4) is 5.75 Å². The first kappa shape index (κ1) is 15.4. The summed E-state index contributed by atoms with van der Waals surface area (Å²) in [6, 6.07) is 6.29. The molecular formula is C14H20O4Si. The summed E-state index contributed by atoms with van der Waals surface area (Å²) >= 11 is 0. The Morgan fingerprint density at radius 3 is 2.11 bits per heavy atom. The van der Waals surface area contributed by atoms with E-state index in [0.29, 0.717) is 11.3 Å². The van der Waals surface area contributed by atoms with Gasteiger partial charge >= 0.3 is 6.16 Å². The Morgan fingerprint density at radius 1 is 1.16 bits per heavy atom. The van der Waals surface area contributed by atoms with Crippen molar-refractivity contribution in [2.45, 2.75) is 38.7 Å². The molecule has 0 spiro atoms. The molecule has 0 fully saturated rings. The third kappa shape index (κ3) is 4.20. The van der Waals surface area contributed by atoms with Crippen molar-refractivity contribution >= 4 is 20.5 Å². The lowest BCUT2D eigenvalue weighted by molar-refractivity contribution is 0.0481. The summed E-state index contributed by atoms with van der Waals surface area (Å²) in [6.07, 6.45) is 0.0161. The van der Waals surface area contributed by atoms with E-state index in [4.69, 9.17) is 9.47 Å². The third-order valence-electron chi connectivity index (χ3n) is 3.36. The molecule has 104 valence electrons. The van der Waals surface area contributed by atoms with Crippen LogP contribution < -0.4 is 4.74 Å². The zero-order chi connectivity index (χ0) is 14.7.